The van der Waals surface area contributed by atoms with E-state index >= 15 is 0 Å². The molecule has 0 fully saturated rings. The molecule has 1 N–H and O–H groups in total. The molecule has 1 aromatic heterocycles. The Hall–Kier alpha value is -2.64. The lowest BCUT2D eigenvalue weighted by Crippen LogP contribution is -2.30. The Balaban J connectivity index is 2.57. The Morgan fingerprint density at radius 3 is 2.67 bits per heavy atom. The lowest BCUT2D eigenvalue weighted by atomic mass is 10.2. The number of carbonyl (C=O) groups excluding carboxylic acids is 1. The molecule has 1 heterocycles. The zero-order valence-electron chi connectivity index (χ0n) is 12.2. The van der Waals surface area contributed by atoms with Crippen LogP contribution in [0.25, 0.3) is 6.08 Å². The van der Waals surface area contributed by atoms with Gasteiger partial charge in [-0.2, -0.15) is 5.10 Å². The molecule has 1 amide bonds. The third kappa shape index (κ3) is 6.37. The molecule has 0 saturated carbocycles. The van der Waals surface area contributed by atoms with Crippen LogP contribution >= 0.6 is 0 Å². The van der Waals surface area contributed by atoms with Crippen LogP contribution in [0, 0.1) is 10.1 Å². The van der Waals surface area contributed by atoms with Gasteiger partial charge in [0.25, 0.3) is 0 Å². The van der Waals surface area contributed by atoms with Crippen molar-refractivity contribution in [3.8, 4) is 0 Å². The third-order valence-corrected chi connectivity index (χ3v) is 2.00. The number of hydrogen-bond donors (Lipinski definition) is 1. The summed E-state index contributed by atoms with van der Waals surface area (Å²) in [7, 11) is 0. The summed E-state index contributed by atoms with van der Waals surface area (Å²) >= 11 is 0. The molecule has 21 heavy (non-hydrogen) atoms. The maximum Gasteiger partial charge on any atom is 0.433 e. The molecular formula is C13H17N3O5. The first-order valence-corrected chi connectivity index (χ1v) is 6.13. The molecule has 0 bridgehead atoms. The molecule has 0 unspecified atom stereocenters. The molecule has 1 rings (SSSR count). The van der Waals surface area contributed by atoms with Crippen LogP contribution in [-0.4, -0.2) is 22.3 Å². The standard InChI is InChI=1S/C13H17N3O5/c1-9(14-15-12(17)21-13(2,3)4)5-6-10-7-8-11(20-10)16(18)19/h5-8H,1-4H3,(H,15,17)/b6-5+,14-9+. The fourth-order valence-electron chi connectivity index (χ4n) is 1.20. The topological polar surface area (TPSA) is 107 Å². The molecule has 114 valence electrons. The van der Waals surface area contributed by atoms with Gasteiger partial charge < -0.3 is 9.15 Å². The molecule has 0 aromatic carbocycles. The van der Waals surface area contributed by atoms with E-state index in [-0.39, 0.29) is 5.88 Å². The Morgan fingerprint density at radius 2 is 2.14 bits per heavy atom. The van der Waals surface area contributed by atoms with E-state index in [9.17, 15) is 14.9 Å². The van der Waals surface area contributed by atoms with Gasteiger partial charge in [-0.1, -0.05) is 0 Å². The van der Waals surface area contributed by atoms with Crippen LogP contribution in [-0.2, 0) is 4.74 Å². The number of furan rings is 1. The van der Waals surface area contributed by atoms with E-state index in [1.165, 1.54) is 18.2 Å². The minimum atomic E-state index is -0.663. The van der Waals surface area contributed by atoms with Crippen LogP contribution in [0.3, 0.4) is 0 Å². The SMILES string of the molecule is CC(/C=C/c1ccc([N+](=O)[O-])o1)=N\NC(=O)OC(C)(C)C. The van der Waals surface area contributed by atoms with Crippen molar-refractivity contribution in [2.45, 2.75) is 33.3 Å². The van der Waals surface area contributed by atoms with Crippen molar-refractivity contribution in [2.75, 3.05) is 0 Å². The molecule has 0 saturated heterocycles. The third-order valence-electron chi connectivity index (χ3n) is 2.00. The van der Waals surface area contributed by atoms with Crippen molar-refractivity contribution in [1.29, 1.82) is 0 Å². The van der Waals surface area contributed by atoms with Crippen molar-refractivity contribution >= 4 is 23.8 Å². The van der Waals surface area contributed by atoms with Gasteiger partial charge in [0, 0.05) is 0 Å². The van der Waals surface area contributed by atoms with E-state index in [4.69, 9.17) is 9.15 Å². The number of rotatable bonds is 4. The van der Waals surface area contributed by atoms with Gasteiger partial charge in [0.05, 0.1) is 11.8 Å². The highest BCUT2D eigenvalue weighted by molar-refractivity contribution is 5.96. The number of hydrogen-bond acceptors (Lipinski definition) is 6. The van der Waals surface area contributed by atoms with Crippen LogP contribution in [0.1, 0.15) is 33.5 Å². The first-order valence-electron chi connectivity index (χ1n) is 6.13. The van der Waals surface area contributed by atoms with Gasteiger partial charge in [0.15, 0.2) is 0 Å². The molecule has 0 spiro atoms. The minimum absolute atomic E-state index is 0.313. The molecule has 8 nitrogen and oxygen atoms in total. The Labute approximate surface area is 121 Å². The number of amides is 1. The lowest BCUT2D eigenvalue weighted by molar-refractivity contribution is -0.402. The Bertz CT molecular complexity index is 581. The monoisotopic (exact) mass is 295 g/mol. The maximum absolute atomic E-state index is 11.4. The van der Waals surface area contributed by atoms with Crippen molar-refractivity contribution in [3.05, 3.63) is 34.1 Å². The molecule has 8 heteroatoms. The summed E-state index contributed by atoms with van der Waals surface area (Å²) in [5.41, 5.74) is 2.11. The van der Waals surface area contributed by atoms with E-state index in [2.05, 4.69) is 10.5 Å². The number of allylic oxidation sites excluding steroid dienone is 1. The highest BCUT2D eigenvalue weighted by atomic mass is 16.6. The van der Waals surface area contributed by atoms with Crippen molar-refractivity contribution in [3.63, 3.8) is 0 Å². The summed E-state index contributed by atoms with van der Waals surface area (Å²) in [5, 5.41) is 14.2. The summed E-state index contributed by atoms with van der Waals surface area (Å²) in [6.45, 7) is 6.87. The summed E-state index contributed by atoms with van der Waals surface area (Å²) in [6.07, 6.45) is 2.38. The molecule has 0 aliphatic rings. The molecule has 0 aliphatic heterocycles. The second kappa shape index (κ2) is 6.69. The van der Waals surface area contributed by atoms with Gasteiger partial charge in [-0.3, -0.25) is 10.1 Å². The van der Waals surface area contributed by atoms with E-state index in [0.29, 0.717) is 11.5 Å². The smallest absolute Gasteiger partial charge is 0.433 e. The van der Waals surface area contributed by atoms with Crippen LogP contribution in [0.15, 0.2) is 27.7 Å². The first-order chi connectivity index (χ1) is 9.67. The lowest BCUT2D eigenvalue weighted by Gasteiger charge is -2.18. The average Bonchev–Trinajstić information content (AvgIpc) is 2.80. The predicted octanol–water partition coefficient (Wildman–Crippen LogP) is 3.10. The van der Waals surface area contributed by atoms with Gasteiger partial charge >= 0.3 is 12.0 Å². The Morgan fingerprint density at radius 1 is 1.48 bits per heavy atom. The summed E-state index contributed by atoms with van der Waals surface area (Å²) in [5.74, 6) is -0.0235. The van der Waals surface area contributed by atoms with Gasteiger partial charge in [0.2, 0.25) is 0 Å². The zero-order chi connectivity index (χ0) is 16.0. The second-order valence-corrected chi connectivity index (χ2v) is 5.13. The van der Waals surface area contributed by atoms with Gasteiger partial charge in [-0.15, -0.1) is 0 Å². The van der Waals surface area contributed by atoms with Crippen LogP contribution in [0.2, 0.25) is 0 Å². The minimum Gasteiger partial charge on any atom is -0.443 e. The number of nitro groups is 1. The van der Waals surface area contributed by atoms with E-state index in [1.54, 1.807) is 33.8 Å². The summed E-state index contributed by atoms with van der Waals surface area (Å²) in [4.78, 5) is 21.2. The van der Waals surface area contributed by atoms with Gasteiger partial charge in [-0.05, 0) is 45.9 Å². The van der Waals surface area contributed by atoms with Gasteiger partial charge in [-0.25, -0.2) is 10.2 Å². The summed E-state index contributed by atoms with van der Waals surface area (Å²) in [6, 6.07) is 2.72. The number of carbonyl (C=O) groups is 1. The van der Waals surface area contributed by atoms with Crippen molar-refractivity contribution < 1.29 is 18.9 Å². The molecule has 1 aromatic rings. The van der Waals surface area contributed by atoms with E-state index in [1.807, 2.05) is 0 Å². The van der Waals surface area contributed by atoms with Crippen LogP contribution in [0.5, 0.6) is 0 Å². The normalized spacial score (nSPS) is 12.5. The second-order valence-electron chi connectivity index (χ2n) is 5.13. The number of nitrogens with one attached hydrogen (secondary N) is 1. The van der Waals surface area contributed by atoms with E-state index < -0.39 is 16.6 Å². The van der Waals surface area contributed by atoms with Crippen molar-refractivity contribution in [2.24, 2.45) is 5.10 Å². The summed E-state index contributed by atoms with van der Waals surface area (Å²) < 4.78 is 9.94. The van der Waals surface area contributed by atoms with Crippen LogP contribution in [0.4, 0.5) is 10.7 Å². The fraction of sp³-hybridized carbons (Fsp3) is 0.385. The Kier molecular flexibility index (Phi) is 5.23. The zero-order valence-corrected chi connectivity index (χ0v) is 12.2. The molecule has 0 aliphatic carbocycles. The number of ether oxygens (including phenoxy) is 1. The maximum atomic E-state index is 11.4. The van der Waals surface area contributed by atoms with Crippen molar-refractivity contribution in [1.82, 2.24) is 5.43 Å². The fourth-order valence-corrected chi connectivity index (χ4v) is 1.20. The number of hydrazone groups is 1. The molecular weight excluding hydrogens is 278 g/mol. The molecule has 0 atom stereocenters. The average molecular weight is 295 g/mol. The first kappa shape index (κ1) is 16.4. The highest BCUT2D eigenvalue weighted by Gasteiger charge is 2.15. The van der Waals surface area contributed by atoms with Gasteiger partial charge in [0.1, 0.15) is 16.3 Å². The quantitative estimate of drug-likeness (QED) is 0.521. The van der Waals surface area contributed by atoms with Crippen LogP contribution < -0.4 is 5.43 Å². The predicted molar refractivity (Wildman–Crippen MR) is 76.9 cm³/mol. The number of nitrogens with zero attached hydrogens (tertiary/aromatic N) is 2. The molecule has 0 radical (unpaired) electrons. The highest BCUT2D eigenvalue weighted by Crippen LogP contribution is 2.16. The van der Waals surface area contributed by atoms with E-state index in [0.717, 1.165) is 0 Å². The largest absolute Gasteiger partial charge is 0.443 e.